The number of benzene rings is 1. The number of aliphatic hydroxyl groups excluding tert-OH is 1. The van der Waals surface area contributed by atoms with Crippen molar-refractivity contribution in [1.82, 2.24) is 10.3 Å². The van der Waals surface area contributed by atoms with E-state index < -0.39 is 12.0 Å². The van der Waals surface area contributed by atoms with Crippen LogP contribution in [0, 0.1) is 0 Å². The SMILES string of the molecule is CCCCCCCCCCCC(=O)N[C@@H](Cc1c[nH]c2ccccc12)C(=O)OCC.O=C(O)CCCCCO. The van der Waals surface area contributed by atoms with Crippen LogP contribution < -0.4 is 5.32 Å². The van der Waals surface area contributed by atoms with E-state index in [1.807, 2.05) is 30.5 Å². The average molecular weight is 547 g/mol. The van der Waals surface area contributed by atoms with E-state index >= 15 is 0 Å². The topological polar surface area (TPSA) is 129 Å². The Labute approximate surface area is 233 Å². The van der Waals surface area contributed by atoms with Gasteiger partial charge in [-0.15, -0.1) is 0 Å². The van der Waals surface area contributed by atoms with Crippen molar-refractivity contribution in [3.05, 3.63) is 36.0 Å². The highest BCUT2D eigenvalue weighted by atomic mass is 16.5. The molecule has 1 aromatic carbocycles. The molecule has 1 atom stereocenters. The van der Waals surface area contributed by atoms with Gasteiger partial charge >= 0.3 is 11.9 Å². The number of carboxylic acid groups (broad SMARTS) is 1. The van der Waals surface area contributed by atoms with Gasteiger partial charge in [-0.05, 0) is 37.8 Å². The van der Waals surface area contributed by atoms with Crippen LogP contribution in [0.4, 0.5) is 0 Å². The first-order valence-corrected chi connectivity index (χ1v) is 14.8. The fraction of sp³-hybridized carbons (Fsp3) is 0.645. The summed E-state index contributed by atoms with van der Waals surface area (Å²) in [6.45, 7) is 4.49. The summed E-state index contributed by atoms with van der Waals surface area (Å²) < 4.78 is 5.20. The fourth-order valence-electron chi connectivity index (χ4n) is 4.38. The Bertz CT molecular complexity index is 942. The van der Waals surface area contributed by atoms with E-state index in [4.69, 9.17) is 14.9 Å². The molecule has 2 aromatic rings. The minimum Gasteiger partial charge on any atom is -0.481 e. The molecule has 8 nitrogen and oxygen atoms in total. The number of fused-ring (bicyclic) bond motifs is 1. The molecule has 0 aliphatic rings. The van der Waals surface area contributed by atoms with Gasteiger partial charge in [-0.3, -0.25) is 9.59 Å². The minimum absolute atomic E-state index is 0.0733. The number of hydrogen-bond acceptors (Lipinski definition) is 5. The lowest BCUT2D eigenvalue weighted by Gasteiger charge is -2.17. The lowest BCUT2D eigenvalue weighted by Crippen LogP contribution is -2.43. The summed E-state index contributed by atoms with van der Waals surface area (Å²) in [4.78, 5) is 38.0. The molecule has 1 heterocycles. The molecule has 0 aliphatic carbocycles. The molecule has 0 spiro atoms. The number of aliphatic carboxylic acids is 1. The highest BCUT2D eigenvalue weighted by Gasteiger charge is 2.23. The van der Waals surface area contributed by atoms with Gasteiger partial charge in [0.2, 0.25) is 5.91 Å². The van der Waals surface area contributed by atoms with E-state index in [0.29, 0.717) is 32.3 Å². The molecule has 1 amide bonds. The van der Waals surface area contributed by atoms with Crippen LogP contribution in [0.5, 0.6) is 0 Å². The van der Waals surface area contributed by atoms with Gasteiger partial charge in [-0.25, -0.2) is 4.79 Å². The maximum Gasteiger partial charge on any atom is 0.328 e. The third-order valence-electron chi connectivity index (χ3n) is 6.56. The molecule has 0 fully saturated rings. The molecule has 4 N–H and O–H groups in total. The number of aromatic nitrogens is 1. The largest absolute Gasteiger partial charge is 0.481 e. The van der Waals surface area contributed by atoms with E-state index in [0.717, 1.165) is 35.7 Å². The van der Waals surface area contributed by atoms with Crippen LogP contribution in [0.3, 0.4) is 0 Å². The van der Waals surface area contributed by atoms with Crippen molar-refractivity contribution >= 4 is 28.7 Å². The Morgan fingerprint density at radius 2 is 1.49 bits per heavy atom. The predicted octanol–water partition coefficient (Wildman–Crippen LogP) is 6.30. The number of aromatic amines is 1. The van der Waals surface area contributed by atoms with Gasteiger partial charge in [0.15, 0.2) is 0 Å². The highest BCUT2D eigenvalue weighted by molar-refractivity contribution is 5.87. The van der Waals surface area contributed by atoms with Gasteiger partial charge in [0.1, 0.15) is 6.04 Å². The number of unbranched alkanes of at least 4 members (excludes halogenated alkanes) is 10. The van der Waals surface area contributed by atoms with E-state index in [-0.39, 0.29) is 24.9 Å². The zero-order valence-corrected chi connectivity index (χ0v) is 24.0. The molecule has 0 radical (unpaired) electrons. The van der Waals surface area contributed by atoms with Crippen molar-refractivity contribution in [3.8, 4) is 0 Å². The van der Waals surface area contributed by atoms with Crippen molar-refractivity contribution in [1.29, 1.82) is 0 Å². The van der Waals surface area contributed by atoms with Crippen molar-refractivity contribution < 1.29 is 29.3 Å². The summed E-state index contributed by atoms with van der Waals surface area (Å²) in [5, 5.41) is 20.4. The lowest BCUT2D eigenvalue weighted by molar-refractivity contribution is -0.147. The number of amides is 1. The van der Waals surface area contributed by atoms with Gasteiger partial charge in [0.25, 0.3) is 0 Å². The Balaban J connectivity index is 0.000000724. The Hall–Kier alpha value is -2.87. The molecular formula is C31H50N2O6. The molecule has 1 aromatic heterocycles. The molecule has 0 aliphatic heterocycles. The number of carbonyl (C=O) groups excluding carboxylic acids is 2. The smallest absolute Gasteiger partial charge is 0.328 e. The quantitative estimate of drug-likeness (QED) is 0.114. The van der Waals surface area contributed by atoms with Crippen LogP contribution in [-0.2, 0) is 25.5 Å². The molecule has 2 rings (SSSR count). The van der Waals surface area contributed by atoms with Gasteiger partial charge in [0, 0.05) is 43.0 Å². The second kappa shape index (κ2) is 22.0. The molecular weight excluding hydrogens is 496 g/mol. The Kier molecular flexibility index (Phi) is 19.3. The summed E-state index contributed by atoms with van der Waals surface area (Å²) in [6.07, 6.45) is 16.1. The third-order valence-corrected chi connectivity index (χ3v) is 6.56. The second-order valence-corrected chi connectivity index (χ2v) is 9.94. The van der Waals surface area contributed by atoms with E-state index in [1.165, 1.54) is 44.9 Å². The molecule has 39 heavy (non-hydrogen) atoms. The molecule has 220 valence electrons. The number of hydrogen-bond donors (Lipinski definition) is 4. The summed E-state index contributed by atoms with van der Waals surface area (Å²) in [6, 6.07) is 7.31. The number of carbonyl (C=O) groups is 3. The van der Waals surface area contributed by atoms with E-state index in [1.54, 1.807) is 6.92 Å². The zero-order chi connectivity index (χ0) is 28.7. The second-order valence-electron chi connectivity index (χ2n) is 9.94. The number of rotatable bonds is 20. The van der Waals surface area contributed by atoms with Crippen molar-refractivity contribution in [3.63, 3.8) is 0 Å². The first kappa shape index (κ1) is 34.2. The fourth-order valence-corrected chi connectivity index (χ4v) is 4.38. The number of carboxylic acids is 1. The Morgan fingerprint density at radius 1 is 0.872 bits per heavy atom. The van der Waals surface area contributed by atoms with Gasteiger partial charge < -0.3 is 25.3 Å². The van der Waals surface area contributed by atoms with Gasteiger partial charge in [0.05, 0.1) is 6.61 Å². The highest BCUT2D eigenvalue weighted by Crippen LogP contribution is 2.19. The number of ether oxygens (including phenoxy) is 1. The standard InChI is InChI=1S/C25H38N2O3.C6H12O3/c1-3-5-6-7-8-9-10-11-12-17-24(28)27-23(25(29)30-4-2)18-20-19-26-22-16-14-13-15-21(20)22;7-5-3-1-2-4-6(8)9/h13-16,19,23,26H,3-12,17-18H2,1-2H3,(H,27,28);7H,1-5H2,(H,8,9)/t23-;/m0./s1. The average Bonchev–Trinajstić information content (AvgIpc) is 3.33. The van der Waals surface area contributed by atoms with Crippen molar-refractivity contribution in [2.75, 3.05) is 13.2 Å². The van der Waals surface area contributed by atoms with Crippen molar-refractivity contribution in [2.24, 2.45) is 0 Å². The van der Waals surface area contributed by atoms with Crippen LogP contribution in [-0.4, -0.2) is 52.3 Å². The molecule has 0 saturated carbocycles. The Morgan fingerprint density at radius 3 is 2.13 bits per heavy atom. The number of aliphatic hydroxyl groups is 1. The monoisotopic (exact) mass is 546 g/mol. The number of H-pyrrole nitrogens is 1. The normalized spacial score (nSPS) is 11.5. The van der Waals surface area contributed by atoms with Crippen LogP contribution in [0.2, 0.25) is 0 Å². The number of nitrogens with one attached hydrogen (secondary N) is 2. The first-order chi connectivity index (χ1) is 18.9. The van der Waals surface area contributed by atoms with Crippen molar-refractivity contribution in [2.45, 2.75) is 116 Å². The summed E-state index contributed by atoms with van der Waals surface area (Å²) in [7, 11) is 0. The molecule has 0 unspecified atom stereocenters. The van der Waals surface area contributed by atoms with Gasteiger partial charge in [-0.1, -0.05) is 82.9 Å². The summed E-state index contributed by atoms with van der Waals surface area (Å²) in [5.74, 6) is -1.20. The minimum atomic E-state index is -0.757. The van der Waals surface area contributed by atoms with Crippen LogP contribution >= 0.6 is 0 Å². The number of para-hydroxylation sites is 1. The van der Waals surface area contributed by atoms with Crippen LogP contribution in [0.1, 0.15) is 109 Å². The van der Waals surface area contributed by atoms with E-state index in [9.17, 15) is 14.4 Å². The molecule has 0 saturated heterocycles. The lowest BCUT2D eigenvalue weighted by atomic mass is 10.0. The third kappa shape index (κ3) is 16.0. The van der Waals surface area contributed by atoms with E-state index in [2.05, 4.69) is 17.2 Å². The number of esters is 1. The molecule has 8 heteroatoms. The predicted molar refractivity (Wildman–Crippen MR) is 156 cm³/mol. The van der Waals surface area contributed by atoms with Gasteiger partial charge in [-0.2, -0.15) is 0 Å². The zero-order valence-electron chi connectivity index (χ0n) is 24.0. The van der Waals surface area contributed by atoms with Crippen LogP contribution in [0.15, 0.2) is 30.5 Å². The van der Waals surface area contributed by atoms with Crippen LogP contribution in [0.25, 0.3) is 10.9 Å². The molecule has 0 bridgehead atoms. The maximum atomic E-state index is 12.4. The summed E-state index contributed by atoms with van der Waals surface area (Å²) in [5.41, 5.74) is 2.03. The summed E-state index contributed by atoms with van der Waals surface area (Å²) >= 11 is 0. The maximum absolute atomic E-state index is 12.4. The first-order valence-electron chi connectivity index (χ1n) is 14.8.